The van der Waals surface area contributed by atoms with Crippen molar-refractivity contribution in [3.8, 4) is 0 Å². The van der Waals surface area contributed by atoms with Crippen LogP contribution in [-0.4, -0.2) is 17.2 Å². The molecule has 33 heavy (non-hydrogen) atoms. The number of aliphatic carboxylic acids is 1. The maximum absolute atomic E-state index is 12.6. The lowest BCUT2D eigenvalue weighted by Gasteiger charge is -2.71. The summed E-state index contributed by atoms with van der Waals surface area (Å²) in [6.45, 7) is 16.8. The molecule has 3 heteroatoms. The molecule has 0 aromatic rings. The van der Waals surface area contributed by atoms with E-state index in [2.05, 4.69) is 54.5 Å². The molecule has 0 amide bonds. The molecular weight excluding hydrogens is 408 g/mol. The SMILES string of the molecule is CC1(C)CC[C@]2(C(=O)[O-])CC[C@]3(C)C(=CC[C@H]4[C@@]5(C)CC[C@@H](O)C(C)(C)[C@H]5CC[C@]43C)[C@@H]2C1. The molecule has 0 aromatic heterocycles. The van der Waals surface area contributed by atoms with Crippen molar-refractivity contribution in [1.29, 1.82) is 0 Å². The minimum atomic E-state index is -0.795. The Kier molecular flexibility index (Phi) is 4.99. The van der Waals surface area contributed by atoms with E-state index >= 15 is 0 Å². The van der Waals surface area contributed by atoms with Crippen LogP contribution in [0, 0.1) is 50.2 Å². The van der Waals surface area contributed by atoms with Crippen molar-refractivity contribution in [1.82, 2.24) is 0 Å². The zero-order chi connectivity index (χ0) is 24.2. The molecule has 4 fully saturated rings. The largest absolute Gasteiger partial charge is 0.550 e. The van der Waals surface area contributed by atoms with Crippen molar-refractivity contribution in [3.05, 3.63) is 11.6 Å². The van der Waals surface area contributed by atoms with Crippen LogP contribution in [0.25, 0.3) is 0 Å². The Hall–Kier alpha value is -0.830. The average Bonchev–Trinajstić information content (AvgIpc) is 2.71. The highest BCUT2D eigenvalue weighted by Crippen LogP contribution is 2.75. The first-order chi connectivity index (χ1) is 15.1. The number of allylic oxidation sites excluding steroid dienone is 2. The van der Waals surface area contributed by atoms with Gasteiger partial charge in [0, 0.05) is 11.4 Å². The normalized spacial score (nSPS) is 52.4. The number of hydrogen-bond donors (Lipinski definition) is 1. The summed E-state index contributed by atoms with van der Waals surface area (Å²) in [5.41, 5.74) is 1.43. The number of rotatable bonds is 1. The van der Waals surface area contributed by atoms with Crippen molar-refractivity contribution in [3.63, 3.8) is 0 Å². The van der Waals surface area contributed by atoms with Gasteiger partial charge in [-0.1, -0.05) is 60.1 Å². The Morgan fingerprint density at radius 2 is 1.58 bits per heavy atom. The highest BCUT2D eigenvalue weighted by atomic mass is 16.4. The second-order valence-electron chi connectivity index (χ2n) is 15.0. The maximum Gasteiger partial charge on any atom is 0.0594 e. The van der Waals surface area contributed by atoms with E-state index in [1.54, 1.807) is 0 Å². The van der Waals surface area contributed by atoms with Crippen LogP contribution in [0.2, 0.25) is 0 Å². The molecule has 0 heterocycles. The first-order valence-electron chi connectivity index (χ1n) is 13.7. The zero-order valence-electron chi connectivity index (χ0n) is 22.2. The summed E-state index contributed by atoms with van der Waals surface area (Å²) in [7, 11) is 0. The first kappa shape index (κ1) is 23.9. The van der Waals surface area contributed by atoms with Crippen LogP contribution in [0.5, 0.6) is 0 Å². The number of aliphatic hydroxyl groups excluding tert-OH is 1. The second-order valence-corrected chi connectivity index (χ2v) is 15.0. The summed E-state index contributed by atoms with van der Waals surface area (Å²) in [6, 6.07) is 0. The molecule has 1 N–H and O–H groups in total. The molecule has 3 nitrogen and oxygen atoms in total. The van der Waals surface area contributed by atoms with E-state index in [0.717, 1.165) is 51.4 Å². The van der Waals surface area contributed by atoms with Crippen LogP contribution < -0.4 is 5.11 Å². The van der Waals surface area contributed by atoms with Gasteiger partial charge in [0.25, 0.3) is 0 Å². The topological polar surface area (TPSA) is 60.4 Å². The van der Waals surface area contributed by atoms with Gasteiger partial charge in [0.1, 0.15) is 0 Å². The second kappa shape index (κ2) is 6.89. The molecule has 4 saturated carbocycles. The molecular formula is C30H47O3-. The van der Waals surface area contributed by atoms with Crippen molar-refractivity contribution < 1.29 is 15.0 Å². The maximum atomic E-state index is 12.6. The van der Waals surface area contributed by atoms with Gasteiger partial charge in [0.05, 0.1) is 6.10 Å². The number of fused-ring (bicyclic) bond motifs is 7. The summed E-state index contributed by atoms with van der Waals surface area (Å²) < 4.78 is 0. The van der Waals surface area contributed by atoms with Gasteiger partial charge in [-0.15, -0.1) is 0 Å². The van der Waals surface area contributed by atoms with Crippen molar-refractivity contribution in [2.75, 3.05) is 0 Å². The third-order valence-corrected chi connectivity index (χ3v) is 13.0. The molecule has 8 atom stereocenters. The van der Waals surface area contributed by atoms with Crippen molar-refractivity contribution in [2.24, 2.45) is 50.2 Å². The van der Waals surface area contributed by atoms with Gasteiger partial charge in [-0.2, -0.15) is 0 Å². The van der Waals surface area contributed by atoms with Crippen LogP contribution in [0.4, 0.5) is 0 Å². The summed E-state index contributed by atoms with van der Waals surface area (Å²) in [6.07, 6.45) is 12.3. The quantitative estimate of drug-likeness (QED) is 0.501. The summed E-state index contributed by atoms with van der Waals surface area (Å²) in [4.78, 5) is 12.6. The molecule has 0 bridgehead atoms. The molecule has 0 aliphatic heterocycles. The van der Waals surface area contributed by atoms with Crippen LogP contribution in [0.3, 0.4) is 0 Å². The lowest BCUT2D eigenvalue weighted by atomic mass is 9.33. The van der Waals surface area contributed by atoms with E-state index in [1.165, 1.54) is 18.4 Å². The van der Waals surface area contributed by atoms with E-state index in [4.69, 9.17) is 0 Å². The molecule has 0 aromatic carbocycles. The lowest BCUT2D eigenvalue weighted by molar-refractivity contribution is -0.327. The fourth-order valence-electron chi connectivity index (χ4n) is 10.6. The standard InChI is InChI=1S/C30H48O3/c1-25(2)14-16-30(24(32)33)17-15-28(6)19(20(30)18-25)8-9-22-27(5)12-11-23(31)26(3,4)21(27)10-13-29(22,28)7/h8,20-23,31H,9-18H2,1-7H3,(H,32,33)/p-1/t20-,21+,22-,23+,27-,28+,29+,30-/m0/s1. The third kappa shape index (κ3) is 2.87. The Bertz CT molecular complexity index is 885. The highest BCUT2D eigenvalue weighted by molar-refractivity contribution is 5.74. The number of carboxylic acids is 1. The first-order valence-corrected chi connectivity index (χ1v) is 13.7. The van der Waals surface area contributed by atoms with E-state index in [0.29, 0.717) is 11.8 Å². The number of carbonyl (C=O) groups is 1. The van der Waals surface area contributed by atoms with Crippen LogP contribution in [-0.2, 0) is 4.79 Å². The monoisotopic (exact) mass is 455 g/mol. The predicted molar refractivity (Wildman–Crippen MR) is 130 cm³/mol. The van der Waals surface area contributed by atoms with Crippen LogP contribution in [0.15, 0.2) is 11.6 Å². The molecule has 0 spiro atoms. The van der Waals surface area contributed by atoms with E-state index in [-0.39, 0.29) is 39.1 Å². The molecule has 0 radical (unpaired) electrons. The molecule has 0 unspecified atom stereocenters. The number of aliphatic hydroxyl groups is 1. The van der Waals surface area contributed by atoms with Crippen molar-refractivity contribution in [2.45, 2.75) is 119 Å². The van der Waals surface area contributed by atoms with E-state index < -0.39 is 11.4 Å². The van der Waals surface area contributed by atoms with Crippen LogP contribution in [0.1, 0.15) is 113 Å². The van der Waals surface area contributed by atoms with Crippen LogP contribution >= 0.6 is 0 Å². The minimum absolute atomic E-state index is 0.0384. The van der Waals surface area contributed by atoms with Gasteiger partial charge in [-0.25, -0.2) is 0 Å². The van der Waals surface area contributed by atoms with Gasteiger partial charge in [0.2, 0.25) is 0 Å². The summed E-state index contributed by atoms with van der Waals surface area (Å²) in [5, 5.41) is 23.5. The van der Waals surface area contributed by atoms with Gasteiger partial charge in [0.15, 0.2) is 0 Å². The predicted octanol–water partition coefficient (Wildman–Crippen LogP) is 5.90. The van der Waals surface area contributed by atoms with Crippen molar-refractivity contribution >= 4 is 5.97 Å². The Morgan fingerprint density at radius 1 is 0.909 bits per heavy atom. The highest BCUT2D eigenvalue weighted by Gasteiger charge is 2.68. The third-order valence-electron chi connectivity index (χ3n) is 13.0. The number of carbonyl (C=O) groups excluding carboxylic acids is 1. The molecule has 5 aliphatic rings. The summed E-state index contributed by atoms with van der Waals surface area (Å²) in [5.74, 6) is 0.469. The Morgan fingerprint density at radius 3 is 2.24 bits per heavy atom. The molecule has 0 saturated heterocycles. The lowest BCUT2D eigenvalue weighted by Crippen LogP contribution is -2.65. The molecule has 5 rings (SSSR count). The van der Waals surface area contributed by atoms with E-state index in [1.807, 2.05) is 0 Å². The van der Waals surface area contributed by atoms with Gasteiger partial charge in [-0.05, 0) is 109 Å². The van der Waals surface area contributed by atoms with Gasteiger partial charge >= 0.3 is 0 Å². The van der Waals surface area contributed by atoms with Gasteiger partial charge < -0.3 is 15.0 Å². The Labute approximate surface area is 201 Å². The fraction of sp³-hybridized carbons (Fsp3) is 0.900. The van der Waals surface area contributed by atoms with E-state index in [9.17, 15) is 15.0 Å². The molecule has 5 aliphatic carbocycles. The minimum Gasteiger partial charge on any atom is -0.550 e. The summed E-state index contributed by atoms with van der Waals surface area (Å²) >= 11 is 0. The zero-order valence-corrected chi connectivity index (χ0v) is 22.2. The molecule has 186 valence electrons. The fourth-order valence-corrected chi connectivity index (χ4v) is 10.6. The smallest absolute Gasteiger partial charge is 0.0594 e. The van der Waals surface area contributed by atoms with Gasteiger partial charge in [-0.3, -0.25) is 0 Å². The Balaban J connectivity index is 1.60. The number of carboxylic acid groups (broad SMARTS) is 1. The average molecular weight is 456 g/mol. The number of hydrogen-bond acceptors (Lipinski definition) is 3.